The van der Waals surface area contributed by atoms with Crippen LogP contribution in [0.3, 0.4) is 0 Å². The second kappa shape index (κ2) is 8.35. The lowest BCUT2D eigenvalue weighted by Crippen LogP contribution is -2.33. The largest absolute Gasteiger partial charge is 0.409 e. The van der Waals surface area contributed by atoms with Crippen LogP contribution >= 0.6 is 0 Å². The van der Waals surface area contributed by atoms with Crippen LogP contribution in [0, 0.1) is 5.41 Å². The summed E-state index contributed by atoms with van der Waals surface area (Å²) in [5, 5.41) is 11.6. The molecular weight excluding hydrogens is 208 g/mol. The monoisotopic (exact) mass is 232 g/mol. The summed E-state index contributed by atoms with van der Waals surface area (Å²) in [4.78, 5) is 0. The SMILES string of the molecule is CCCOCCOCCC(C)(C)C(N)=NO. The van der Waals surface area contributed by atoms with E-state index in [2.05, 4.69) is 12.1 Å². The van der Waals surface area contributed by atoms with Gasteiger partial charge in [0.1, 0.15) is 5.84 Å². The predicted molar refractivity (Wildman–Crippen MR) is 63.7 cm³/mol. The molecule has 16 heavy (non-hydrogen) atoms. The van der Waals surface area contributed by atoms with E-state index < -0.39 is 0 Å². The van der Waals surface area contributed by atoms with Crippen molar-refractivity contribution in [3.05, 3.63) is 0 Å². The van der Waals surface area contributed by atoms with Crippen LogP contribution in [0.5, 0.6) is 0 Å². The van der Waals surface area contributed by atoms with Crippen LogP contribution < -0.4 is 5.73 Å². The predicted octanol–water partition coefficient (Wildman–Crippen LogP) is 1.59. The Kier molecular flexibility index (Phi) is 7.93. The van der Waals surface area contributed by atoms with Crippen LogP contribution in [0.1, 0.15) is 33.6 Å². The highest BCUT2D eigenvalue weighted by Gasteiger charge is 2.22. The first-order chi connectivity index (χ1) is 7.54. The van der Waals surface area contributed by atoms with Crippen LogP contribution in [0.2, 0.25) is 0 Å². The molecule has 0 aliphatic carbocycles. The minimum absolute atomic E-state index is 0.235. The van der Waals surface area contributed by atoms with Gasteiger partial charge in [-0.3, -0.25) is 0 Å². The maximum atomic E-state index is 8.57. The molecule has 0 amide bonds. The zero-order valence-corrected chi connectivity index (χ0v) is 10.5. The number of hydrogen-bond acceptors (Lipinski definition) is 4. The van der Waals surface area contributed by atoms with Gasteiger partial charge in [-0.15, -0.1) is 0 Å². The number of rotatable bonds is 9. The fraction of sp³-hybridized carbons (Fsp3) is 0.909. The van der Waals surface area contributed by atoms with Gasteiger partial charge in [0.2, 0.25) is 0 Å². The average Bonchev–Trinajstić information content (AvgIpc) is 2.26. The summed E-state index contributed by atoms with van der Waals surface area (Å²) < 4.78 is 10.7. The van der Waals surface area contributed by atoms with Crippen LogP contribution in [-0.2, 0) is 9.47 Å². The van der Waals surface area contributed by atoms with E-state index in [1.54, 1.807) is 0 Å². The maximum absolute atomic E-state index is 8.57. The van der Waals surface area contributed by atoms with Crippen LogP contribution in [0.4, 0.5) is 0 Å². The number of oxime groups is 1. The van der Waals surface area contributed by atoms with Gasteiger partial charge in [0.15, 0.2) is 0 Å². The van der Waals surface area contributed by atoms with Crippen molar-refractivity contribution in [1.82, 2.24) is 0 Å². The molecule has 0 aromatic heterocycles. The lowest BCUT2D eigenvalue weighted by atomic mass is 9.88. The molecule has 96 valence electrons. The number of nitrogens with zero attached hydrogens (tertiary/aromatic N) is 1. The number of amidine groups is 1. The zero-order chi connectivity index (χ0) is 12.4. The molecule has 0 atom stereocenters. The molecule has 0 saturated carbocycles. The Morgan fingerprint density at radius 1 is 1.19 bits per heavy atom. The van der Waals surface area contributed by atoms with Gasteiger partial charge in [0.25, 0.3) is 0 Å². The first-order valence-electron chi connectivity index (χ1n) is 5.68. The molecule has 0 fully saturated rings. The lowest BCUT2D eigenvalue weighted by molar-refractivity contribution is 0.0416. The lowest BCUT2D eigenvalue weighted by Gasteiger charge is -2.22. The quantitative estimate of drug-likeness (QED) is 0.208. The molecule has 0 radical (unpaired) electrons. The Morgan fingerprint density at radius 2 is 1.75 bits per heavy atom. The first-order valence-corrected chi connectivity index (χ1v) is 5.68. The summed E-state index contributed by atoms with van der Waals surface area (Å²) in [5.41, 5.74) is 5.22. The highest BCUT2D eigenvalue weighted by atomic mass is 16.5. The molecule has 0 aromatic rings. The van der Waals surface area contributed by atoms with E-state index in [1.807, 2.05) is 13.8 Å². The third-order valence-corrected chi connectivity index (χ3v) is 2.39. The summed E-state index contributed by atoms with van der Waals surface area (Å²) in [5.74, 6) is 0.235. The van der Waals surface area contributed by atoms with Gasteiger partial charge in [-0.05, 0) is 12.8 Å². The first kappa shape index (κ1) is 15.2. The standard InChI is InChI=1S/C11H24N2O3/c1-4-6-15-8-9-16-7-5-11(2,3)10(12)13-14/h14H,4-9H2,1-3H3,(H2,12,13). The van der Waals surface area contributed by atoms with Crippen molar-refractivity contribution in [2.24, 2.45) is 16.3 Å². The number of nitrogens with two attached hydrogens (primary N) is 1. The Balaban J connectivity index is 3.51. The molecule has 0 aliphatic rings. The van der Waals surface area contributed by atoms with E-state index in [1.165, 1.54) is 0 Å². The Bertz CT molecular complexity index is 205. The smallest absolute Gasteiger partial charge is 0.144 e. The Morgan fingerprint density at radius 3 is 2.25 bits per heavy atom. The number of hydrogen-bond donors (Lipinski definition) is 2. The number of ether oxygens (including phenoxy) is 2. The molecule has 0 saturated heterocycles. The molecule has 0 aliphatic heterocycles. The van der Waals surface area contributed by atoms with E-state index in [9.17, 15) is 0 Å². The maximum Gasteiger partial charge on any atom is 0.144 e. The molecule has 5 nitrogen and oxygen atoms in total. The summed E-state index contributed by atoms with van der Waals surface area (Å²) >= 11 is 0. The topological polar surface area (TPSA) is 77.1 Å². The third-order valence-electron chi connectivity index (χ3n) is 2.39. The van der Waals surface area contributed by atoms with Crippen molar-refractivity contribution < 1.29 is 14.7 Å². The third kappa shape index (κ3) is 6.63. The van der Waals surface area contributed by atoms with Gasteiger partial charge >= 0.3 is 0 Å². The fourth-order valence-electron chi connectivity index (χ4n) is 1.06. The van der Waals surface area contributed by atoms with Crippen LogP contribution in [-0.4, -0.2) is 37.5 Å². The Hall–Kier alpha value is -0.810. The van der Waals surface area contributed by atoms with Crippen molar-refractivity contribution >= 4 is 5.84 Å². The second-order valence-corrected chi connectivity index (χ2v) is 4.34. The van der Waals surface area contributed by atoms with E-state index >= 15 is 0 Å². The molecule has 0 aromatic carbocycles. The summed E-state index contributed by atoms with van der Waals surface area (Å²) in [6.45, 7) is 8.47. The summed E-state index contributed by atoms with van der Waals surface area (Å²) in [7, 11) is 0. The fourth-order valence-corrected chi connectivity index (χ4v) is 1.06. The van der Waals surface area contributed by atoms with Crippen LogP contribution in [0.15, 0.2) is 5.16 Å². The van der Waals surface area contributed by atoms with Crippen molar-refractivity contribution in [3.63, 3.8) is 0 Å². The highest BCUT2D eigenvalue weighted by molar-refractivity contribution is 5.85. The molecule has 3 N–H and O–H groups in total. The molecule has 0 spiro atoms. The molecular formula is C11H24N2O3. The highest BCUT2D eigenvalue weighted by Crippen LogP contribution is 2.19. The van der Waals surface area contributed by atoms with E-state index in [0.717, 1.165) is 19.4 Å². The van der Waals surface area contributed by atoms with Gasteiger partial charge < -0.3 is 20.4 Å². The zero-order valence-electron chi connectivity index (χ0n) is 10.5. The van der Waals surface area contributed by atoms with Crippen molar-refractivity contribution in [1.29, 1.82) is 0 Å². The molecule has 0 heterocycles. The summed E-state index contributed by atoms with van der Waals surface area (Å²) in [6, 6.07) is 0. The average molecular weight is 232 g/mol. The van der Waals surface area contributed by atoms with Crippen molar-refractivity contribution in [2.75, 3.05) is 26.4 Å². The van der Waals surface area contributed by atoms with Gasteiger partial charge in [-0.25, -0.2) is 0 Å². The minimum Gasteiger partial charge on any atom is -0.409 e. The second-order valence-electron chi connectivity index (χ2n) is 4.34. The van der Waals surface area contributed by atoms with Gasteiger partial charge in [0, 0.05) is 18.6 Å². The van der Waals surface area contributed by atoms with Crippen molar-refractivity contribution in [3.8, 4) is 0 Å². The van der Waals surface area contributed by atoms with Crippen LogP contribution in [0.25, 0.3) is 0 Å². The molecule has 0 unspecified atom stereocenters. The molecule has 0 bridgehead atoms. The van der Waals surface area contributed by atoms with Gasteiger partial charge in [-0.1, -0.05) is 25.9 Å². The van der Waals surface area contributed by atoms with E-state index in [4.69, 9.17) is 20.4 Å². The summed E-state index contributed by atoms with van der Waals surface area (Å²) in [6.07, 6.45) is 1.74. The van der Waals surface area contributed by atoms with E-state index in [0.29, 0.717) is 19.8 Å². The minimum atomic E-state index is -0.334. The van der Waals surface area contributed by atoms with Crippen molar-refractivity contribution in [2.45, 2.75) is 33.6 Å². The molecule has 5 heteroatoms. The van der Waals surface area contributed by atoms with E-state index in [-0.39, 0.29) is 11.3 Å². The molecule has 0 rings (SSSR count). The van der Waals surface area contributed by atoms with Gasteiger partial charge in [-0.2, -0.15) is 0 Å². The van der Waals surface area contributed by atoms with Gasteiger partial charge in [0.05, 0.1) is 13.2 Å². The Labute approximate surface area is 97.6 Å². The normalized spacial score (nSPS) is 13.1.